The van der Waals surface area contributed by atoms with Crippen LogP contribution in [0.25, 0.3) is 11.1 Å². The van der Waals surface area contributed by atoms with Crippen LogP contribution >= 0.6 is 0 Å². The number of benzene rings is 2. The molecule has 0 saturated carbocycles. The van der Waals surface area contributed by atoms with Gasteiger partial charge < -0.3 is 14.6 Å². The Labute approximate surface area is 130 Å². The molecule has 0 aliphatic carbocycles. The van der Waals surface area contributed by atoms with Crippen molar-refractivity contribution in [3.8, 4) is 22.6 Å². The molecule has 0 radical (unpaired) electrons. The highest BCUT2D eigenvalue weighted by Crippen LogP contribution is 2.33. The second-order valence-corrected chi connectivity index (χ2v) is 4.68. The van der Waals surface area contributed by atoms with Crippen molar-refractivity contribution in [1.29, 1.82) is 0 Å². The Morgan fingerprint density at radius 3 is 2.30 bits per heavy atom. The minimum atomic E-state index is -4.75. The van der Waals surface area contributed by atoms with Gasteiger partial charge in [-0.25, -0.2) is 0 Å². The number of hydrogen-bond acceptors (Lipinski definition) is 3. The summed E-state index contributed by atoms with van der Waals surface area (Å²) in [6.45, 7) is 0. The lowest BCUT2D eigenvalue weighted by Crippen LogP contribution is -2.16. The molecule has 122 valence electrons. The maximum atomic E-state index is 12.2. The van der Waals surface area contributed by atoms with E-state index in [0.717, 1.165) is 0 Å². The number of alkyl halides is 3. The van der Waals surface area contributed by atoms with Gasteiger partial charge >= 0.3 is 12.3 Å². The number of ether oxygens (including phenoxy) is 2. The average molecular weight is 326 g/mol. The number of halogens is 3. The van der Waals surface area contributed by atoms with Gasteiger partial charge in [0.2, 0.25) is 0 Å². The number of aliphatic carboxylic acids is 1. The molecule has 4 nitrogen and oxygen atoms in total. The number of carbonyl (C=O) groups is 1. The zero-order chi connectivity index (χ0) is 17.0. The normalized spacial score (nSPS) is 11.1. The Kier molecular flexibility index (Phi) is 4.78. The number of hydrogen-bond donors (Lipinski definition) is 1. The van der Waals surface area contributed by atoms with Gasteiger partial charge in [-0.15, -0.1) is 13.2 Å². The molecular weight excluding hydrogens is 313 g/mol. The highest BCUT2D eigenvalue weighted by atomic mass is 19.4. The molecule has 0 bridgehead atoms. The van der Waals surface area contributed by atoms with Crippen LogP contribution in [0, 0.1) is 0 Å². The van der Waals surface area contributed by atoms with Crippen molar-refractivity contribution in [1.82, 2.24) is 0 Å². The average Bonchev–Trinajstić information content (AvgIpc) is 2.46. The molecule has 0 unspecified atom stereocenters. The lowest BCUT2D eigenvalue weighted by molar-refractivity contribution is -0.274. The van der Waals surface area contributed by atoms with Crippen molar-refractivity contribution in [3.63, 3.8) is 0 Å². The summed E-state index contributed by atoms with van der Waals surface area (Å²) in [6, 6.07) is 10.1. The minimum absolute atomic E-state index is 0.160. The summed E-state index contributed by atoms with van der Waals surface area (Å²) >= 11 is 0. The van der Waals surface area contributed by atoms with E-state index >= 15 is 0 Å². The maximum absolute atomic E-state index is 12.2. The molecule has 0 spiro atoms. The van der Waals surface area contributed by atoms with E-state index in [-0.39, 0.29) is 12.2 Å². The van der Waals surface area contributed by atoms with E-state index in [1.165, 1.54) is 31.4 Å². The van der Waals surface area contributed by atoms with Crippen LogP contribution in [0.2, 0.25) is 0 Å². The van der Waals surface area contributed by atoms with Gasteiger partial charge in [0.25, 0.3) is 0 Å². The fourth-order valence-corrected chi connectivity index (χ4v) is 2.10. The van der Waals surface area contributed by atoms with Gasteiger partial charge in [-0.3, -0.25) is 4.79 Å². The highest BCUT2D eigenvalue weighted by molar-refractivity contribution is 5.75. The smallest absolute Gasteiger partial charge is 0.496 e. The first kappa shape index (κ1) is 16.7. The van der Waals surface area contributed by atoms with Gasteiger partial charge in [-0.2, -0.15) is 0 Å². The molecule has 0 fully saturated rings. The van der Waals surface area contributed by atoms with Crippen molar-refractivity contribution in [2.75, 3.05) is 7.11 Å². The summed E-state index contributed by atoms with van der Waals surface area (Å²) in [5.41, 5.74) is 1.73. The maximum Gasteiger partial charge on any atom is 0.573 e. The summed E-state index contributed by atoms with van der Waals surface area (Å²) in [7, 11) is 1.46. The van der Waals surface area contributed by atoms with Crippen LogP contribution in [0.1, 0.15) is 5.56 Å². The summed E-state index contributed by atoms with van der Waals surface area (Å²) in [5.74, 6) is -0.819. The molecule has 0 aliphatic heterocycles. The van der Waals surface area contributed by atoms with Crippen molar-refractivity contribution in [3.05, 3.63) is 48.0 Å². The van der Waals surface area contributed by atoms with Gasteiger partial charge in [0.05, 0.1) is 13.5 Å². The Morgan fingerprint density at radius 1 is 1.13 bits per heavy atom. The van der Waals surface area contributed by atoms with Crippen LogP contribution in [0.5, 0.6) is 11.5 Å². The number of methoxy groups -OCH3 is 1. The first-order valence-corrected chi connectivity index (χ1v) is 6.53. The molecule has 2 rings (SSSR count). The third-order valence-corrected chi connectivity index (χ3v) is 3.02. The van der Waals surface area contributed by atoms with Gasteiger partial charge in [-0.1, -0.05) is 18.2 Å². The number of rotatable bonds is 5. The Hall–Kier alpha value is -2.70. The van der Waals surface area contributed by atoms with Crippen molar-refractivity contribution < 1.29 is 32.5 Å². The molecule has 7 heteroatoms. The van der Waals surface area contributed by atoms with E-state index in [9.17, 15) is 18.0 Å². The molecule has 0 atom stereocenters. The molecule has 2 aromatic carbocycles. The van der Waals surface area contributed by atoms with Crippen molar-refractivity contribution in [2.24, 2.45) is 0 Å². The molecule has 0 heterocycles. The summed E-state index contributed by atoms with van der Waals surface area (Å²) in [4.78, 5) is 10.8. The molecule has 2 aromatic rings. The van der Waals surface area contributed by atoms with Crippen molar-refractivity contribution >= 4 is 5.97 Å². The second-order valence-electron chi connectivity index (χ2n) is 4.68. The van der Waals surface area contributed by atoms with Gasteiger partial charge in [0.1, 0.15) is 11.5 Å². The molecular formula is C16H13F3O4. The lowest BCUT2D eigenvalue weighted by atomic mass is 10.0. The number of carboxylic acid groups (broad SMARTS) is 1. The summed E-state index contributed by atoms with van der Waals surface area (Å²) in [5, 5.41) is 8.85. The highest BCUT2D eigenvalue weighted by Gasteiger charge is 2.31. The minimum Gasteiger partial charge on any atom is -0.496 e. The van der Waals surface area contributed by atoms with Crippen LogP contribution in [-0.4, -0.2) is 24.5 Å². The molecule has 23 heavy (non-hydrogen) atoms. The van der Waals surface area contributed by atoms with E-state index in [2.05, 4.69) is 4.74 Å². The van der Waals surface area contributed by atoms with Gasteiger partial charge in [0.15, 0.2) is 0 Å². The first-order valence-electron chi connectivity index (χ1n) is 6.53. The van der Waals surface area contributed by atoms with Crippen molar-refractivity contribution in [2.45, 2.75) is 12.8 Å². The lowest BCUT2D eigenvalue weighted by Gasteiger charge is -2.12. The third-order valence-electron chi connectivity index (χ3n) is 3.02. The molecule has 0 amide bonds. The fraction of sp³-hybridized carbons (Fsp3) is 0.188. The molecule has 0 aliphatic rings. The van der Waals surface area contributed by atoms with Crippen LogP contribution in [0.15, 0.2) is 42.5 Å². The first-order chi connectivity index (χ1) is 10.8. The largest absolute Gasteiger partial charge is 0.573 e. The Balaban J connectivity index is 2.34. The SMILES string of the molecule is COc1ccc(CC(=O)O)cc1-c1ccc(OC(F)(F)F)cc1. The molecule has 1 N–H and O–H groups in total. The quantitative estimate of drug-likeness (QED) is 0.906. The van der Waals surface area contributed by atoms with E-state index in [1.807, 2.05) is 0 Å². The monoisotopic (exact) mass is 326 g/mol. The van der Waals surface area contributed by atoms with E-state index in [0.29, 0.717) is 22.4 Å². The fourth-order valence-electron chi connectivity index (χ4n) is 2.10. The second kappa shape index (κ2) is 6.60. The van der Waals surface area contributed by atoms with Crippen LogP contribution in [-0.2, 0) is 11.2 Å². The third kappa shape index (κ3) is 4.64. The molecule has 0 saturated heterocycles. The zero-order valence-corrected chi connectivity index (χ0v) is 12.1. The van der Waals surface area contributed by atoms with E-state index in [1.54, 1.807) is 18.2 Å². The zero-order valence-electron chi connectivity index (χ0n) is 12.1. The van der Waals surface area contributed by atoms with Crippen LogP contribution in [0.3, 0.4) is 0 Å². The predicted molar refractivity (Wildman–Crippen MR) is 76.5 cm³/mol. The van der Waals surface area contributed by atoms with Gasteiger partial charge in [-0.05, 0) is 35.4 Å². The van der Waals surface area contributed by atoms with E-state index < -0.39 is 12.3 Å². The predicted octanol–water partition coefficient (Wildman–Crippen LogP) is 3.89. The molecule has 0 aromatic heterocycles. The number of carboxylic acids is 1. The van der Waals surface area contributed by atoms with Crippen LogP contribution in [0.4, 0.5) is 13.2 Å². The van der Waals surface area contributed by atoms with Crippen LogP contribution < -0.4 is 9.47 Å². The standard InChI is InChI=1S/C16H13F3O4/c1-22-14-7-2-10(9-15(20)21)8-13(14)11-3-5-12(6-4-11)23-16(17,18)19/h2-8H,9H2,1H3,(H,20,21). The summed E-state index contributed by atoms with van der Waals surface area (Å²) < 4.78 is 45.5. The van der Waals surface area contributed by atoms with Gasteiger partial charge in [0, 0.05) is 5.56 Å². The Morgan fingerprint density at radius 2 is 1.78 bits per heavy atom. The topological polar surface area (TPSA) is 55.8 Å². The summed E-state index contributed by atoms with van der Waals surface area (Å²) in [6.07, 6.45) is -4.91. The Bertz CT molecular complexity index is 693. The van der Waals surface area contributed by atoms with E-state index in [4.69, 9.17) is 9.84 Å².